The van der Waals surface area contributed by atoms with E-state index in [2.05, 4.69) is 69.4 Å². The molecule has 0 aliphatic carbocycles. The number of unbranched alkanes of at least 4 members (excludes halogenated alkanes) is 37. The maximum atomic E-state index is 12.9. The fourth-order valence-corrected chi connectivity index (χ4v) is 8.88. The molecular formula is C64H116O6. The van der Waals surface area contributed by atoms with E-state index in [1.807, 2.05) is 0 Å². The Morgan fingerprint density at radius 3 is 0.814 bits per heavy atom. The molecule has 0 rings (SSSR count). The largest absolute Gasteiger partial charge is 0.462 e. The van der Waals surface area contributed by atoms with Crippen molar-refractivity contribution >= 4 is 17.9 Å². The van der Waals surface area contributed by atoms with Crippen molar-refractivity contribution in [2.24, 2.45) is 0 Å². The van der Waals surface area contributed by atoms with Gasteiger partial charge in [-0.1, -0.05) is 249 Å². The van der Waals surface area contributed by atoms with Gasteiger partial charge in [-0.05, 0) is 103 Å². The van der Waals surface area contributed by atoms with Crippen LogP contribution >= 0.6 is 0 Å². The van der Waals surface area contributed by atoms with Gasteiger partial charge < -0.3 is 14.2 Å². The van der Waals surface area contributed by atoms with Crippen LogP contribution in [-0.2, 0) is 28.6 Å². The van der Waals surface area contributed by atoms with Gasteiger partial charge in [0.2, 0.25) is 0 Å². The maximum absolute atomic E-state index is 12.9. The summed E-state index contributed by atoms with van der Waals surface area (Å²) in [6.45, 7) is 6.64. The third-order valence-corrected chi connectivity index (χ3v) is 13.5. The van der Waals surface area contributed by atoms with Gasteiger partial charge in [-0.2, -0.15) is 0 Å². The van der Waals surface area contributed by atoms with Gasteiger partial charge in [0.25, 0.3) is 0 Å². The van der Waals surface area contributed by atoms with E-state index in [0.717, 1.165) is 70.6 Å². The quantitative estimate of drug-likeness (QED) is 0.0261. The highest BCUT2D eigenvalue weighted by Crippen LogP contribution is 2.16. The third kappa shape index (κ3) is 56.3. The van der Waals surface area contributed by atoms with E-state index < -0.39 is 6.10 Å². The molecule has 0 saturated carbocycles. The second kappa shape index (κ2) is 58.9. The second-order valence-electron chi connectivity index (χ2n) is 20.6. The third-order valence-electron chi connectivity index (χ3n) is 13.5. The SMILES string of the molecule is CCCCCC/C=C\C/C=C\CCCCCCCCCC(=O)OCC(COC(=O)CCCCCCCCC/C=C\CCCCCCCC)OC(=O)CCCCCCCCC/C=C\CCCCCCCC. The standard InChI is InChI=1S/C64H116O6/c1-4-7-10-13-16-19-22-25-28-31-34-36-39-42-45-48-51-54-57-63(66)69-60-61(70-64(67)58-55-52-49-46-43-40-37-33-30-27-24-21-18-15-12-9-6-3)59-68-62(65)56-53-50-47-44-41-38-35-32-29-26-23-20-17-14-11-8-5-2/h19,22,26-31,61H,4-18,20-21,23-25,32-60H2,1-3H3/b22-19-,29-26-,30-27-,31-28-. The maximum Gasteiger partial charge on any atom is 0.306 e. The minimum atomic E-state index is -0.780. The highest BCUT2D eigenvalue weighted by Gasteiger charge is 2.19. The summed E-state index contributed by atoms with van der Waals surface area (Å²) in [6, 6.07) is 0. The summed E-state index contributed by atoms with van der Waals surface area (Å²) in [4.78, 5) is 38.3. The number of rotatable bonds is 56. The van der Waals surface area contributed by atoms with E-state index >= 15 is 0 Å². The predicted octanol–water partition coefficient (Wildman–Crippen LogP) is 20.6. The van der Waals surface area contributed by atoms with Crippen molar-refractivity contribution in [3.63, 3.8) is 0 Å². The van der Waals surface area contributed by atoms with Gasteiger partial charge in [0.1, 0.15) is 13.2 Å². The Labute approximate surface area is 435 Å². The van der Waals surface area contributed by atoms with E-state index in [1.54, 1.807) is 0 Å². The zero-order valence-electron chi connectivity index (χ0n) is 46.8. The van der Waals surface area contributed by atoms with Crippen LogP contribution in [0, 0.1) is 0 Å². The molecule has 6 heteroatoms. The van der Waals surface area contributed by atoms with E-state index in [4.69, 9.17) is 14.2 Å². The van der Waals surface area contributed by atoms with E-state index in [-0.39, 0.29) is 31.1 Å². The second-order valence-corrected chi connectivity index (χ2v) is 20.6. The normalized spacial score (nSPS) is 12.3. The van der Waals surface area contributed by atoms with Crippen LogP contribution in [-0.4, -0.2) is 37.2 Å². The first-order valence-electron chi connectivity index (χ1n) is 30.6. The molecule has 0 aliphatic rings. The van der Waals surface area contributed by atoms with Gasteiger partial charge in [-0.25, -0.2) is 0 Å². The first kappa shape index (κ1) is 67.4. The summed E-state index contributed by atoms with van der Waals surface area (Å²) in [5.74, 6) is -0.877. The lowest BCUT2D eigenvalue weighted by Gasteiger charge is -2.18. The molecule has 0 N–H and O–H groups in total. The molecule has 0 bridgehead atoms. The van der Waals surface area contributed by atoms with E-state index in [9.17, 15) is 14.4 Å². The molecule has 1 unspecified atom stereocenters. The number of carbonyl (C=O) groups is 3. The van der Waals surface area contributed by atoms with Crippen molar-refractivity contribution < 1.29 is 28.6 Å². The Hall–Kier alpha value is -2.63. The van der Waals surface area contributed by atoms with Gasteiger partial charge in [0.15, 0.2) is 6.10 Å². The lowest BCUT2D eigenvalue weighted by molar-refractivity contribution is -0.167. The van der Waals surface area contributed by atoms with Crippen LogP contribution in [0.5, 0.6) is 0 Å². The lowest BCUT2D eigenvalue weighted by Crippen LogP contribution is -2.30. The average molecular weight is 982 g/mol. The molecule has 0 aromatic heterocycles. The zero-order valence-corrected chi connectivity index (χ0v) is 46.8. The van der Waals surface area contributed by atoms with Crippen LogP contribution in [0.2, 0.25) is 0 Å². The molecule has 0 heterocycles. The molecule has 0 amide bonds. The first-order valence-corrected chi connectivity index (χ1v) is 30.6. The molecule has 0 aromatic rings. The molecule has 0 radical (unpaired) electrons. The Balaban J connectivity index is 4.38. The summed E-state index contributed by atoms with van der Waals surface area (Å²) in [5.41, 5.74) is 0. The fourth-order valence-electron chi connectivity index (χ4n) is 8.88. The topological polar surface area (TPSA) is 78.9 Å². The van der Waals surface area contributed by atoms with Gasteiger partial charge in [0, 0.05) is 19.3 Å². The first-order chi connectivity index (χ1) is 34.5. The number of ether oxygens (including phenoxy) is 3. The zero-order chi connectivity index (χ0) is 50.7. The molecular weight excluding hydrogens is 865 g/mol. The molecule has 0 aromatic carbocycles. The number of allylic oxidation sites excluding steroid dienone is 8. The monoisotopic (exact) mass is 981 g/mol. The molecule has 0 saturated heterocycles. The summed E-state index contributed by atoms with van der Waals surface area (Å²) < 4.78 is 16.9. The van der Waals surface area contributed by atoms with Crippen LogP contribution in [0.25, 0.3) is 0 Å². The minimum Gasteiger partial charge on any atom is -0.462 e. The molecule has 0 spiro atoms. The summed E-state index contributed by atoms with van der Waals surface area (Å²) in [7, 11) is 0. The van der Waals surface area contributed by atoms with Gasteiger partial charge in [-0.15, -0.1) is 0 Å². The summed E-state index contributed by atoms with van der Waals surface area (Å²) in [6.07, 6.45) is 72.4. The Morgan fingerprint density at radius 2 is 0.514 bits per heavy atom. The Kier molecular flexibility index (Phi) is 56.7. The van der Waals surface area contributed by atoms with Crippen molar-refractivity contribution in [3.8, 4) is 0 Å². The smallest absolute Gasteiger partial charge is 0.306 e. The van der Waals surface area contributed by atoms with Crippen molar-refractivity contribution in [2.45, 2.75) is 329 Å². The number of hydrogen-bond donors (Lipinski definition) is 0. The predicted molar refractivity (Wildman–Crippen MR) is 302 cm³/mol. The fraction of sp³-hybridized carbons (Fsp3) is 0.828. The van der Waals surface area contributed by atoms with E-state index in [1.165, 1.54) is 212 Å². The van der Waals surface area contributed by atoms with Gasteiger partial charge in [0.05, 0.1) is 0 Å². The summed E-state index contributed by atoms with van der Waals surface area (Å²) >= 11 is 0. The van der Waals surface area contributed by atoms with Crippen molar-refractivity contribution in [3.05, 3.63) is 48.6 Å². The summed E-state index contributed by atoms with van der Waals surface area (Å²) in [5, 5.41) is 0. The Bertz CT molecular complexity index is 1220. The molecule has 0 aliphatic heterocycles. The minimum absolute atomic E-state index is 0.0778. The Morgan fingerprint density at radius 1 is 0.286 bits per heavy atom. The van der Waals surface area contributed by atoms with Crippen LogP contribution in [0.4, 0.5) is 0 Å². The van der Waals surface area contributed by atoms with E-state index in [0.29, 0.717) is 19.3 Å². The highest BCUT2D eigenvalue weighted by molar-refractivity contribution is 5.71. The molecule has 6 nitrogen and oxygen atoms in total. The van der Waals surface area contributed by atoms with Crippen molar-refractivity contribution in [2.75, 3.05) is 13.2 Å². The van der Waals surface area contributed by atoms with Crippen LogP contribution in [0.1, 0.15) is 323 Å². The lowest BCUT2D eigenvalue weighted by atomic mass is 10.1. The molecule has 408 valence electrons. The van der Waals surface area contributed by atoms with Crippen molar-refractivity contribution in [1.29, 1.82) is 0 Å². The van der Waals surface area contributed by atoms with Gasteiger partial charge >= 0.3 is 17.9 Å². The van der Waals surface area contributed by atoms with Crippen LogP contribution < -0.4 is 0 Å². The molecule has 1 atom stereocenters. The number of esters is 3. The molecule has 70 heavy (non-hydrogen) atoms. The molecule has 0 fully saturated rings. The average Bonchev–Trinajstić information content (AvgIpc) is 3.36. The van der Waals surface area contributed by atoms with Crippen molar-refractivity contribution in [1.82, 2.24) is 0 Å². The van der Waals surface area contributed by atoms with Gasteiger partial charge in [-0.3, -0.25) is 14.4 Å². The number of hydrogen-bond acceptors (Lipinski definition) is 6. The van der Waals surface area contributed by atoms with Crippen LogP contribution in [0.3, 0.4) is 0 Å². The van der Waals surface area contributed by atoms with Crippen LogP contribution in [0.15, 0.2) is 48.6 Å². The number of carbonyl (C=O) groups excluding carboxylic acids is 3. The highest BCUT2D eigenvalue weighted by atomic mass is 16.6.